The minimum absolute atomic E-state index is 0.479. The fraction of sp³-hybridized carbons (Fsp3) is 0.174. The van der Waals surface area contributed by atoms with E-state index in [1.807, 2.05) is 61.7 Å². The maximum Gasteiger partial charge on any atom is 0.416 e. The van der Waals surface area contributed by atoms with Crippen molar-refractivity contribution in [1.82, 2.24) is 14.5 Å². The highest BCUT2D eigenvalue weighted by Gasteiger charge is 2.30. The standard InChI is InChI=1S/C23H20F3N3/c1-14-12-20(22-27-15(2)21(28-22)17-8-5-4-6-9-17)16(3)29(14)19-11-7-10-18(13-19)23(24,25)26/h4-13H,1-3H3,(H,27,28). The zero-order valence-corrected chi connectivity index (χ0v) is 16.3. The summed E-state index contributed by atoms with van der Waals surface area (Å²) in [6.07, 6.45) is -4.38. The fourth-order valence-electron chi connectivity index (χ4n) is 3.69. The predicted octanol–water partition coefficient (Wildman–Crippen LogP) is 6.48. The van der Waals surface area contributed by atoms with E-state index in [-0.39, 0.29) is 0 Å². The van der Waals surface area contributed by atoms with Crippen molar-refractivity contribution in [2.75, 3.05) is 0 Å². The molecule has 2 aromatic carbocycles. The average molecular weight is 395 g/mol. The number of H-pyrrole nitrogens is 1. The molecule has 4 rings (SSSR count). The number of hydrogen-bond acceptors (Lipinski definition) is 1. The first-order valence-electron chi connectivity index (χ1n) is 9.24. The van der Waals surface area contributed by atoms with Crippen LogP contribution in [-0.4, -0.2) is 14.5 Å². The number of benzene rings is 2. The Labute approximate surface area is 166 Å². The lowest BCUT2D eigenvalue weighted by molar-refractivity contribution is -0.137. The summed E-state index contributed by atoms with van der Waals surface area (Å²) in [5.74, 6) is 0.702. The van der Waals surface area contributed by atoms with Gasteiger partial charge < -0.3 is 9.55 Å². The lowest BCUT2D eigenvalue weighted by Crippen LogP contribution is -2.07. The van der Waals surface area contributed by atoms with Crippen LogP contribution in [0.5, 0.6) is 0 Å². The number of nitrogens with zero attached hydrogens (tertiary/aromatic N) is 2. The molecule has 4 aromatic rings. The first-order chi connectivity index (χ1) is 13.8. The Hall–Kier alpha value is -3.28. The van der Waals surface area contributed by atoms with Crippen molar-refractivity contribution in [3.05, 3.63) is 83.3 Å². The molecule has 2 aromatic heterocycles. The van der Waals surface area contributed by atoms with Crippen LogP contribution in [0.3, 0.4) is 0 Å². The molecule has 0 atom stereocenters. The minimum Gasteiger partial charge on any atom is -0.341 e. The van der Waals surface area contributed by atoms with E-state index in [4.69, 9.17) is 4.98 Å². The highest BCUT2D eigenvalue weighted by atomic mass is 19.4. The number of aryl methyl sites for hydroxylation is 2. The highest BCUT2D eigenvalue weighted by molar-refractivity contribution is 5.69. The monoisotopic (exact) mass is 395 g/mol. The Morgan fingerprint density at radius 3 is 2.31 bits per heavy atom. The summed E-state index contributed by atoms with van der Waals surface area (Å²) >= 11 is 0. The summed E-state index contributed by atoms with van der Waals surface area (Å²) in [5.41, 5.74) is 5.17. The summed E-state index contributed by atoms with van der Waals surface area (Å²) < 4.78 is 41.2. The van der Waals surface area contributed by atoms with Crippen molar-refractivity contribution >= 4 is 0 Å². The molecule has 0 aliphatic heterocycles. The third-order valence-corrected chi connectivity index (χ3v) is 5.05. The molecule has 0 unspecified atom stereocenters. The molecule has 0 amide bonds. The van der Waals surface area contributed by atoms with Gasteiger partial charge in [-0.15, -0.1) is 0 Å². The van der Waals surface area contributed by atoms with Gasteiger partial charge in [-0.05, 0) is 45.0 Å². The molecule has 6 heteroatoms. The number of nitrogens with one attached hydrogen (secondary N) is 1. The lowest BCUT2D eigenvalue weighted by Gasteiger charge is -2.13. The molecule has 1 N–H and O–H groups in total. The van der Waals surface area contributed by atoms with Crippen LogP contribution < -0.4 is 0 Å². The number of imidazole rings is 1. The van der Waals surface area contributed by atoms with Crippen molar-refractivity contribution in [1.29, 1.82) is 0 Å². The van der Waals surface area contributed by atoms with E-state index in [0.717, 1.165) is 40.0 Å². The molecule has 0 fully saturated rings. The van der Waals surface area contributed by atoms with Crippen LogP contribution >= 0.6 is 0 Å². The Kier molecular flexibility index (Phi) is 4.57. The molecular weight excluding hydrogens is 375 g/mol. The summed E-state index contributed by atoms with van der Waals surface area (Å²) in [4.78, 5) is 8.09. The van der Waals surface area contributed by atoms with Gasteiger partial charge in [-0.3, -0.25) is 0 Å². The molecule has 0 spiro atoms. The first-order valence-corrected chi connectivity index (χ1v) is 9.24. The van der Waals surface area contributed by atoms with Crippen LogP contribution in [0.15, 0.2) is 60.7 Å². The smallest absolute Gasteiger partial charge is 0.341 e. The molecule has 29 heavy (non-hydrogen) atoms. The van der Waals surface area contributed by atoms with Gasteiger partial charge in [0.1, 0.15) is 5.82 Å². The summed E-state index contributed by atoms with van der Waals surface area (Å²) in [5, 5.41) is 0. The normalized spacial score (nSPS) is 11.8. The van der Waals surface area contributed by atoms with Crippen LogP contribution in [-0.2, 0) is 6.18 Å². The van der Waals surface area contributed by atoms with Crippen molar-refractivity contribution < 1.29 is 13.2 Å². The summed E-state index contributed by atoms with van der Waals surface area (Å²) in [6.45, 7) is 5.73. The van der Waals surface area contributed by atoms with Crippen molar-refractivity contribution in [2.24, 2.45) is 0 Å². The van der Waals surface area contributed by atoms with Gasteiger partial charge in [0.05, 0.1) is 11.3 Å². The van der Waals surface area contributed by atoms with Crippen LogP contribution in [0.4, 0.5) is 13.2 Å². The fourth-order valence-corrected chi connectivity index (χ4v) is 3.69. The first kappa shape index (κ1) is 19.1. The number of alkyl halides is 3. The zero-order valence-electron chi connectivity index (χ0n) is 16.3. The number of halogens is 3. The van der Waals surface area contributed by atoms with Gasteiger partial charge in [-0.2, -0.15) is 13.2 Å². The Morgan fingerprint density at radius 2 is 1.62 bits per heavy atom. The van der Waals surface area contributed by atoms with Gasteiger partial charge in [-0.1, -0.05) is 36.4 Å². The van der Waals surface area contributed by atoms with Gasteiger partial charge >= 0.3 is 6.18 Å². The zero-order chi connectivity index (χ0) is 20.8. The lowest BCUT2D eigenvalue weighted by atomic mass is 10.1. The molecule has 0 saturated heterocycles. The molecule has 0 bridgehead atoms. The van der Waals surface area contributed by atoms with E-state index in [0.29, 0.717) is 11.5 Å². The number of aromatic amines is 1. The van der Waals surface area contributed by atoms with Gasteiger partial charge in [0.25, 0.3) is 0 Å². The van der Waals surface area contributed by atoms with Crippen LogP contribution in [0.25, 0.3) is 28.3 Å². The molecular formula is C23H20F3N3. The molecule has 0 saturated carbocycles. The molecule has 0 radical (unpaired) electrons. The second-order valence-corrected chi connectivity index (χ2v) is 7.09. The van der Waals surface area contributed by atoms with Gasteiger partial charge in [0, 0.05) is 33.9 Å². The van der Waals surface area contributed by atoms with E-state index in [9.17, 15) is 13.2 Å². The Bertz CT molecular complexity index is 1170. The minimum atomic E-state index is -4.38. The highest BCUT2D eigenvalue weighted by Crippen LogP contribution is 2.34. The van der Waals surface area contributed by atoms with Crippen molar-refractivity contribution in [2.45, 2.75) is 26.9 Å². The van der Waals surface area contributed by atoms with E-state index < -0.39 is 11.7 Å². The quantitative estimate of drug-likeness (QED) is 0.423. The predicted molar refractivity (Wildman–Crippen MR) is 108 cm³/mol. The number of rotatable bonds is 3. The molecule has 2 heterocycles. The molecule has 3 nitrogen and oxygen atoms in total. The second-order valence-electron chi connectivity index (χ2n) is 7.09. The van der Waals surface area contributed by atoms with E-state index >= 15 is 0 Å². The SMILES string of the molecule is Cc1[nH]c(-c2cc(C)n(-c3cccc(C(F)(F)F)c3)c2C)nc1-c1ccccc1. The van der Waals surface area contributed by atoms with Crippen LogP contribution in [0.2, 0.25) is 0 Å². The average Bonchev–Trinajstić information content (AvgIpc) is 3.21. The molecule has 0 aliphatic rings. The van der Waals surface area contributed by atoms with Gasteiger partial charge in [-0.25, -0.2) is 4.98 Å². The van der Waals surface area contributed by atoms with Crippen molar-refractivity contribution in [3.63, 3.8) is 0 Å². The molecule has 148 valence electrons. The van der Waals surface area contributed by atoms with Crippen LogP contribution in [0.1, 0.15) is 22.6 Å². The largest absolute Gasteiger partial charge is 0.416 e. The van der Waals surface area contributed by atoms with E-state index in [1.165, 1.54) is 12.1 Å². The maximum atomic E-state index is 13.1. The van der Waals surface area contributed by atoms with E-state index in [2.05, 4.69) is 4.98 Å². The third-order valence-electron chi connectivity index (χ3n) is 5.05. The second kappa shape index (κ2) is 6.95. The van der Waals surface area contributed by atoms with Gasteiger partial charge in [0.2, 0.25) is 0 Å². The molecule has 0 aliphatic carbocycles. The van der Waals surface area contributed by atoms with Gasteiger partial charge in [0.15, 0.2) is 0 Å². The number of aromatic nitrogens is 3. The summed E-state index contributed by atoms with van der Waals surface area (Å²) in [6, 6.07) is 17.2. The Balaban J connectivity index is 1.80. The Morgan fingerprint density at radius 1 is 0.897 bits per heavy atom. The van der Waals surface area contributed by atoms with E-state index in [1.54, 1.807) is 6.07 Å². The maximum absolute atomic E-state index is 13.1. The van der Waals surface area contributed by atoms with Crippen LogP contribution in [0, 0.1) is 20.8 Å². The number of hydrogen-bond donors (Lipinski definition) is 1. The van der Waals surface area contributed by atoms with Crippen molar-refractivity contribution in [3.8, 4) is 28.3 Å². The summed E-state index contributed by atoms with van der Waals surface area (Å²) in [7, 11) is 0. The topological polar surface area (TPSA) is 33.6 Å². The third kappa shape index (κ3) is 3.46.